The van der Waals surface area contributed by atoms with Crippen LogP contribution in [0.15, 0.2) is 137 Å². The summed E-state index contributed by atoms with van der Waals surface area (Å²) in [5, 5.41) is 2.73. The molecule has 0 radical (unpaired) electrons. The summed E-state index contributed by atoms with van der Waals surface area (Å²) in [5.41, 5.74) is 1.11. The summed E-state index contributed by atoms with van der Waals surface area (Å²) in [5.74, 6) is 3.47. The first-order valence-corrected chi connectivity index (χ1v) is 44.0. The third kappa shape index (κ3) is 14.3. The van der Waals surface area contributed by atoms with Gasteiger partial charge < -0.3 is 19.0 Å². The third-order valence-electron chi connectivity index (χ3n) is 29.7. The van der Waals surface area contributed by atoms with Crippen molar-refractivity contribution in [3.63, 3.8) is 0 Å². The van der Waals surface area contributed by atoms with Crippen molar-refractivity contribution in [2.45, 2.75) is 291 Å². The number of urea groups is 1. The number of aromatic amines is 1. The van der Waals surface area contributed by atoms with Gasteiger partial charge in [0, 0.05) is 78.7 Å². The molecule has 0 spiro atoms. The lowest BCUT2D eigenvalue weighted by Crippen LogP contribution is -2.58. The van der Waals surface area contributed by atoms with Gasteiger partial charge in [-0.2, -0.15) is 9.37 Å². The molecule has 2 amide bonds. The summed E-state index contributed by atoms with van der Waals surface area (Å²) < 4.78 is 36.7. The molecule has 12 bridgehead atoms. The van der Waals surface area contributed by atoms with Crippen LogP contribution < -0.4 is 43.8 Å². The van der Waals surface area contributed by atoms with E-state index in [0.29, 0.717) is 75.6 Å². The van der Waals surface area contributed by atoms with Crippen LogP contribution in [0.3, 0.4) is 0 Å². The van der Waals surface area contributed by atoms with E-state index in [1.165, 1.54) is 172 Å². The highest BCUT2D eigenvalue weighted by Gasteiger charge is 2.50. The van der Waals surface area contributed by atoms with E-state index in [1.54, 1.807) is 16.8 Å². The van der Waals surface area contributed by atoms with E-state index in [4.69, 9.17) is 0 Å². The zero-order chi connectivity index (χ0) is 77.9. The number of amides is 2. The predicted octanol–water partition coefficient (Wildman–Crippen LogP) is 15.0. The van der Waals surface area contributed by atoms with E-state index in [9.17, 15) is 42.3 Å². The molecule has 6 saturated carbocycles. The number of nitrogens with one attached hydrogen (secondary N) is 2. The number of benzene rings is 3. The Morgan fingerprint density at radius 2 is 0.728 bits per heavy atom. The molecule has 7 aliphatic heterocycles. The fourth-order valence-electron chi connectivity index (χ4n) is 25.3. The smallest absolute Gasteiger partial charge is 0.307 e. The second-order valence-electron chi connectivity index (χ2n) is 36.5. The van der Waals surface area contributed by atoms with Crippen LogP contribution in [0, 0.1) is 54.1 Å². The van der Waals surface area contributed by atoms with E-state index in [2.05, 4.69) is 62.5 Å². The molecule has 2 N–H and O–H groups in total. The lowest BCUT2D eigenvalue weighted by atomic mass is 9.68. The molecule has 114 heavy (non-hydrogen) atoms. The number of rotatable bonds is 9. The Bertz CT molecular complexity index is 5420. The van der Waals surface area contributed by atoms with Crippen molar-refractivity contribution in [1.82, 2.24) is 67.8 Å². The van der Waals surface area contributed by atoms with Crippen LogP contribution >= 0.6 is 15.9 Å². The van der Waals surface area contributed by atoms with E-state index in [0.717, 1.165) is 130 Å². The van der Waals surface area contributed by atoms with Crippen molar-refractivity contribution in [2.75, 3.05) is 4.90 Å². The average molecular weight is 1620 g/mol. The van der Waals surface area contributed by atoms with Gasteiger partial charge in [-0.1, -0.05) is 120 Å². The highest BCUT2D eigenvalue weighted by Crippen LogP contribution is 2.52. The van der Waals surface area contributed by atoms with Crippen molar-refractivity contribution in [1.29, 1.82) is 0 Å². The minimum Gasteiger partial charge on any atom is -0.307 e. The fraction of sp³-hybridized carbons (Fsp3) is 0.584. The zero-order valence-corrected chi connectivity index (χ0v) is 67.0. The summed E-state index contributed by atoms with van der Waals surface area (Å²) in [6.45, 7) is 5.29. The molecule has 12 fully saturated rings. The number of aromatic nitrogens is 10. The van der Waals surface area contributed by atoms with E-state index in [-0.39, 0.29) is 52.4 Å². The SMILES string of the molecule is C=C1NC(=O)N(c2nc3ccccc3n(C3CC4CCCC(C3)N4C3CC4CCCC(C4)C3)c2=O)C=C1Br.Cc1nc(=O)n(-c2nc3ccccc3n(C3CC4CCCC(C3)N4C3CC4CCCC(C4)C3)c2=O)cc1F.O=c1[nH]c(=O)n(-c2nc3ccccc3n(C3CC4CCCC(C3)N4C3CC4CCCC(C4)C3)c2=O)cc1F. The van der Waals surface area contributed by atoms with Gasteiger partial charge in [-0.3, -0.25) is 38.9 Å². The van der Waals surface area contributed by atoms with Crippen molar-refractivity contribution in [3.05, 3.63) is 188 Å². The molecular weight excluding hydrogens is 1510 g/mol. The van der Waals surface area contributed by atoms with Crippen LogP contribution in [0.2, 0.25) is 0 Å². The van der Waals surface area contributed by atoms with Crippen LogP contribution in [0.4, 0.5) is 19.4 Å². The summed E-state index contributed by atoms with van der Waals surface area (Å²) in [6.07, 6.45) is 44.8. The number of piperidine rings is 6. The number of hydrogen-bond donors (Lipinski definition) is 2. The molecule has 13 aliphatic rings. The van der Waals surface area contributed by atoms with Gasteiger partial charge in [0.15, 0.2) is 5.82 Å². The Kier molecular flexibility index (Phi) is 20.7. The molecular formula is C89H106BrF2N15O7. The third-order valence-corrected chi connectivity index (χ3v) is 30.4. The van der Waals surface area contributed by atoms with Gasteiger partial charge in [0.05, 0.1) is 61.4 Å². The predicted molar refractivity (Wildman–Crippen MR) is 439 cm³/mol. The first-order valence-electron chi connectivity index (χ1n) is 43.2. The van der Waals surface area contributed by atoms with Gasteiger partial charge in [0.1, 0.15) is 0 Å². The molecule has 21 rings (SSSR count). The quantitative estimate of drug-likeness (QED) is 0.137. The first kappa shape index (κ1) is 75.6. The zero-order valence-electron chi connectivity index (χ0n) is 65.4. The summed E-state index contributed by atoms with van der Waals surface area (Å²) in [6, 6.07) is 27.4. The molecule has 12 heterocycles. The molecule has 12 atom stereocenters. The number of H-pyrrole nitrogens is 1. The minimum absolute atomic E-state index is 0.0133. The van der Waals surface area contributed by atoms with Crippen LogP contribution in [0.1, 0.15) is 236 Å². The number of allylic oxidation sites excluding steroid dienone is 1. The maximum absolute atomic E-state index is 14.4. The Morgan fingerprint density at radius 1 is 0.395 bits per heavy atom. The molecule has 600 valence electrons. The van der Waals surface area contributed by atoms with E-state index < -0.39 is 40.2 Å². The molecule has 25 heteroatoms. The van der Waals surface area contributed by atoms with Crippen LogP contribution in [0.5, 0.6) is 0 Å². The number of nitrogens with zero attached hydrogens (tertiary/aromatic N) is 13. The Hall–Kier alpha value is -8.39. The molecule has 8 aromatic rings. The maximum atomic E-state index is 14.4. The van der Waals surface area contributed by atoms with Crippen molar-refractivity contribution in [3.8, 4) is 11.6 Å². The molecule has 6 saturated heterocycles. The highest BCUT2D eigenvalue weighted by atomic mass is 79.9. The second kappa shape index (κ2) is 31.2. The number of fused-ring (bicyclic) bond motifs is 15. The lowest BCUT2D eigenvalue weighted by molar-refractivity contribution is -0.0487. The number of aryl methyl sites for hydroxylation is 1. The molecule has 22 nitrogen and oxygen atoms in total. The fourth-order valence-corrected chi connectivity index (χ4v) is 25.6. The number of anilines is 1. The Balaban J connectivity index is 0.000000115. The Morgan fingerprint density at radius 3 is 1.11 bits per heavy atom. The summed E-state index contributed by atoms with van der Waals surface area (Å²) in [4.78, 5) is 121. The topological polar surface area (TPSA) is 236 Å². The van der Waals surface area contributed by atoms with E-state index in [1.807, 2.05) is 80.8 Å². The lowest BCUT2D eigenvalue weighted by Gasteiger charge is -2.55. The van der Waals surface area contributed by atoms with Crippen LogP contribution in [0.25, 0.3) is 44.7 Å². The normalized spacial score (nSPS) is 32.2. The number of hydrogen-bond acceptors (Lipinski definition) is 14. The number of para-hydroxylation sites is 6. The number of halogens is 3. The molecule has 5 aromatic heterocycles. The second-order valence-corrected chi connectivity index (χ2v) is 37.3. The van der Waals surface area contributed by atoms with Crippen LogP contribution in [-0.4, -0.2) is 123 Å². The Labute approximate surface area is 669 Å². The van der Waals surface area contributed by atoms with Crippen molar-refractivity contribution in [2.24, 2.45) is 35.5 Å². The highest BCUT2D eigenvalue weighted by molar-refractivity contribution is 9.12. The first-order chi connectivity index (χ1) is 55.4. The van der Waals surface area contributed by atoms with Gasteiger partial charge in [0.25, 0.3) is 22.2 Å². The van der Waals surface area contributed by atoms with Gasteiger partial charge >= 0.3 is 17.4 Å². The summed E-state index contributed by atoms with van der Waals surface area (Å²) in [7, 11) is 0. The molecule has 3 aromatic carbocycles. The average Bonchev–Trinajstić information content (AvgIpc) is 0.749. The van der Waals surface area contributed by atoms with Gasteiger partial charge in [-0.25, -0.2) is 47.8 Å². The molecule has 6 aliphatic carbocycles. The summed E-state index contributed by atoms with van der Waals surface area (Å²) >= 11 is 3.45. The van der Waals surface area contributed by atoms with Gasteiger partial charge in [0.2, 0.25) is 23.3 Å². The standard InChI is InChI=1S/C30H36BrN5O2.C30H36FN5O2.C29H34FN5O3/c2*1-18-25(31)17-34(30(38)32-18)28-29(37)36(27-11-3-2-10-26(27)33-28)24-15-21-8-5-9-22(16-24)35(21)23-13-19-6-4-7-20(12-19)14-23;30-23-16-33(29(38)32-27(23)36)26-28(37)35(25-10-2-1-9-24(25)31-26)22-14-19-7-4-8-20(15-22)34(19)21-12-17-5-3-6-18(11-17)13-21/h2-3,10-11,17,19-24H,1,4-9,12-16H2,(H,32,38);2-3,10-11,17,19-24H,4-9,12-16H2,1H3;1-2,9-10,16-22H,3-8,11-15H2,(H,32,36,38). The van der Waals surface area contributed by atoms with Gasteiger partial charge in [-0.15, -0.1) is 0 Å². The number of carbonyl (C=O) groups is 1. The van der Waals surface area contributed by atoms with Crippen molar-refractivity contribution < 1.29 is 13.6 Å². The minimum atomic E-state index is -1.13. The van der Waals surface area contributed by atoms with Gasteiger partial charge in [-0.05, 0) is 230 Å². The molecule has 12 unspecified atom stereocenters. The maximum Gasteiger partial charge on any atom is 0.353 e. The van der Waals surface area contributed by atoms with E-state index >= 15 is 0 Å². The monoisotopic (exact) mass is 1610 g/mol. The number of carbonyl (C=O) groups excluding carboxylic acids is 1. The van der Waals surface area contributed by atoms with Crippen LogP contribution in [-0.2, 0) is 0 Å². The van der Waals surface area contributed by atoms with Crippen molar-refractivity contribution >= 4 is 60.9 Å². The largest absolute Gasteiger partial charge is 0.353 e.